The normalized spacial score (nSPS) is 30.9. The number of nitrogens with two attached hydrogens (primary N) is 1. The molecule has 0 bridgehead atoms. The van der Waals surface area contributed by atoms with Crippen LogP contribution in [0.3, 0.4) is 0 Å². The second-order valence-corrected chi connectivity index (χ2v) is 8.59. The first-order chi connectivity index (χ1) is 11.8. The number of aliphatic hydroxyl groups excluding tert-OH is 1. The van der Waals surface area contributed by atoms with Gasteiger partial charge in [-0.1, -0.05) is 33.9 Å². The Kier molecular flexibility index (Phi) is 4.30. The fourth-order valence-corrected chi connectivity index (χ4v) is 5.64. The van der Waals surface area contributed by atoms with E-state index in [1.165, 1.54) is 0 Å². The van der Waals surface area contributed by atoms with Gasteiger partial charge in [0.25, 0.3) is 0 Å². The van der Waals surface area contributed by atoms with Gasteiger partial charge in [0.05, 0.1) is 22.5 Å². The molecule has 136 valence electrons. The second kappa shape index (κ2) is 6.12. The average molecular weight is 478 g/mol. The molecule has 2 aromatic heterocycles. The molecule has 8 nitrogen and oxygen atoms in total. The van der Waals surface area contributed by atoms with Crippen molar-refractivity contribution in [2.24, 2.45) is 5.92 Å². The predicted molar refractivity (Wildman–Crippen MR) is 102 cm³/mol. The molecule has 0 aromatic carbocycles. The third kappa shape index (κ3) is 2.78. The van der Waals surface area contributed by atoms with E-state index in [-0.39, 0.29) is 41.6 Å². The van der Waals surface area contributed by atoms with Crippen molar-refractivity contribution in [1.82, 2.24) is 14.5 Å². The number of rotatable bonds is 3. The number of aromatic nitrogens is 3. The van der Waals surface area contributed by atoms with Gasteiger partial charge >= 0.3 is 4.87 Å². The third-order valence-electron chi connectivity index (χ3n) is 4.79. The lowest BCUT2D eigenvalue weighted by Gasteiger charge is -2.23. The molecule has 0 amide bonds. The Morgan fingerprint density at radius 2 is 2.12 bits per heavy atom. The number of halogens is 1. The van der Waals surface area contributed by atoms with Gasteiger partial charge in [-0.3, -0.25) is 9.36 Å². The monoisotopic (exact) mass is 478 g/mol. The molecule has 25 heavy (non-hydrogen) atoms. The Bertz CT molecular complexity index is 882. The zero-order chi connectivity index (χ0) is 17.9. The average Bonchev–Trinajstić information content (AvgIpc) is 3.14. The molecular formula is C15H19IN4O4S. The molecule has 4 atom stereocenters. The number of alkyl halides is 1. The molecule has 4 rings (SSSR count). The molecule has 1 saturated carbocycles. The predicted octanol–water partition coefficient (Wildman–Crippen LogP) is 1.44. The molecule has 3 heterocycles. The van der Waals surface area contributed by atoms with E-state index in [9.17, 15) is 9.90 Å². The molecule has 10 heteroatoms. The van der Waals surface area contributed by atoms with Crippen molar-refractivity contribution in [2.45, 2.75) is 48.7 Å². The molecule has 2 aliphatic rings. The maximum absolute atomic E-state index is 12.8. The largest absolute Gasteiger partial charge is 0.396 e. The van der Waals surface area contributed by atoms with Crippen LogP contribution in [0.5, 0.6) is 0 Å². The van der Waals surface area contributed by atoms with Crippen molar-refractivity contribution < 1.29 is 14.6 Å². The Labute approximate surface area is 161 Å². The molecule has 0 spiro atoms. The number of thiazole rings is 1. The summed E-state index contributed by atoms with van der Waals surface area (Å²) in [6.07, 6.45) is 0.0499. The summed E-state index contributed by atoms with van der Waals surface area (Å²) in [5.74, 6) is -0.664. The SMILES string of the molecule is CC1(C)O[C@@H]2[C@@H](CO)C[C@@H](n3c(=O)sc4c(CI)nc(N)nc43)[C@@H]2O1. The van der Waals surface area contributed by atoms with Gasteiger partial charge in [-0.15, -0.1) is 0 Å². The minimum atomic E-state index is -0.738. The molecule has 0 unspecified atom stereocenters. The first-order valence-electron chi connectivity index (χ1n) is 8.04. The summed E-state index contributed by atoms with van der Waals surface area (Å²) in [5.41, 5.74) is 7.16. The van der Waals surface area contributed by atoms with E-state index in [1.54, 1.807) is 4.57 Å². The number of hydrogen-bond acceptors (Lipinski definition) is 8. The fourth-order valence-electron chi connectivity index (χ4n) is 3.86. The van der Waals surface area contributed by atoms with Crippen LogP contribution in [0.15, 0.2) is 4.79 Å². The zero-order valence-corrected chi connectivity index (χ0v) is 16.8. The van der Waals surface area contributed by atoms with Crippen LogP contribution in [0.4, 0.5) is 5.95 Å². The van der Waals surface area contributed by atoms with Gasteiger partial charge in [-0.25, -0.2) is 4.98 Å². The van der Waals surface area contributed by atoms with Gasteiger partial charge in [0.15, 0.2) is 11.4 Å². The van der Waals surface area contributed by atoms with E-state index >= 15 is 0 Å². The zero-order valence-electron chi connectivity index (χ0n) is 13.8. The smallest absolute Gasteiger partial charge is 0.309 e. The Balaban J connectivity index is 1.86. The van der Waals surface area contributed by atoms with Gasteiger partial charge < -0.3 is 20.3 Å². The summed E-state index contributed by atoms with van der Waals surface area (Å²) in [4.78, 5) is 21.2. The van der Waals surface area contributed by atoms with Crippen molar-refractivity contribution in [3.8, 4) is 0 Å². The number of nitrogens with zero attached hydrogens (tertiary/aromatic N) is 3. The van der Waals surface area contributed by atoms with Crippen molar-refractivity contribution in [2.75, 3.05) is 12.3 Å². The number of anilines is 1. The number of ether oxygens (including phenoxy) is 2. The van der Waals surface area contributed by atoms with Crippen molar-refractivity contribution in [1.29, 1.82) is 0 Å². The maximum Gasteiger partial charge on any atom is 0.309 e. The Hall–Kier alpha value is -0.820. The highest BCUT2D eigenvalue weighted by Crippen LogP contribution is 2.47. The number of nitrogen functional groups attached to an aromatic ring is 1. The Morgan fingerprint density at radius 1 is 1.40 bits per heavy atom. The molecular weight excluding hydrogens is 459 g/mol. The maximum atomic E-state index is 12.8. The van der Waals surface area contributed by atoms with Gasteiger partial charge in [0.1, 0.15) is 6.10 Å². The highest BCUT2D eigenvalue weighted by molar-refractivity contribution is 14.1. The standard InChI is InChI=1S/C15H19IN4O4S/c1-15(2)23-9-6(5-21)3-8(10(9)24-15)20-12-11(25-14(20)22)7(4-16)18-13(17)19-12/h6,8-10,21H,3-5H2,1-2H3,(H2,17,18,19)/t6-,8-,9-,10+/m1/s1. The number of hydrogen-bond donors (Lipinski definition) is 2. The molecule has 1 aliphatic heterocycles. The van der Waals surface area contributed by atoms with E-state index in [0.29, 0.717) is 16.5 Å². The van der Waals surface area contributed by atoms with E-state index in [4.69, 9.17) is 15.2 Å². The van der Waals surface area contributed by atoms with Crippen LogP contribution in [-0.2, 0) is 13.9 Å². The third-order valence-corrected chi connectivity index (χ3v) is 6.51. The van der Waals surface area contributed by atoms with E-state index in [0.717, 1.165) is 21.7 Å². The second-order valence-electron chi connectivity index (χ2n) is 6.86. The van der Waals surface area contributed by atoms with Crippen LogP contribution in [0, 0.1) is 5.92 Å². The highest BCUT2D eigenvalue weighted by atomic mass is 127. The highest BCUT2D eigenvalue weighted by Gasteiger charge is 2.55. The topological polar surface area (TPSA) is 112 Å². The number of aliphatic hydroxyl groups is 1. The summed E-state index contributed by atoms with van der Waals surface area (Å²) in [6.45, 7) is 3.68. The van der Waals surface area contributed by atoms with Crippen LogP contribution in [0.25, 0.3) is 10.3 Å². The van der Waals surface area contributed by atoms with Crippen LogP contribution < -0.4 is 10.6 Å². The first-order valence-corrected chi connectivity index (χ1v) is 10.4. The lowest BCUT2D eigenvalue weighted by molar-refractivity contribution is -0.161. The lowest BCUT2D eigenvalue weighted by atomic mass is 10.1. The quantitative estimate of drug-likeness (QED) is 0.507. The van der Waals surface area contributed by atoms with Gasteiger partial charge in [-0.05, 0) is 20.3 Å². The van der Waals surface area contributed by atoms with E-state index in [2.05, 4.69) is 32.6 Å². The van der Waals surface area contributed by atoms with Crippen LogP contribution in [0.2, 0.25) is 0 Å². The molecule has 0 radical (unpaired) electrons. The summed E-state index contributed by atoms with van der Waals surface area (Å²) < 4.78 is 15.1. The minimum absolute atomic E-state index is 0.00987. The molecule has 1 saturated heterocycles. The molecule has 1 aliphatic carbocycles. The van der Waals surface area contributed by atoms with Crippen LogP contribution in [-0.4, -0.2) is 44.2 Å². The summed E-state index contributed by atoms with van der Waals surface area (Å²) in [6, 6.07) is -0.249. The van der Waals surface area contributed by atoms with Crippen molar-refractivity contribution in [3.63, 3.8) is 0 Å². The molecule has 3 N–H and O–H groups in total. The molecule has 2 fully saturated rings. The first kappa shape index (κ1) is 17.6. The van der Waals surface area contributed by atoms with E-state index < -0.39 is 5.79 Å². The van der Waals surface area contributed by atoms with Crippen molar-refractivity contribution in [3.05, 3.63) is 15.4 Å². The summed E-state index contributed by atoms with van der Waals surface area (Å²) in [5, 5.41) is 9.74. The van der Waals surface area contributed by atoms with Crippen molar-refractivity contribution >= 4 is 50.2 Å². The van der Waals surface area contributed by atoms with Crippen LogP contribution in [0.1, 0.15) is 32.0 Å². The van der Waals surface area contributed by atoms with Gasteiger partial charge in [0.2, 0.25) is 5.95 Å². The summed E-state index contributed by atoms with van der Waals surface area (Å²) >= 11 is 3.33. The fraction of sp³-hybridized carbons (Fsp3) is 0.667. The number of fused-ring (bicyclic) bond motifs is 2. The Morgan fingerprint density at radius 3 is 2.80 bits per heavy atom. The molecule has 2 aromatic rings. The van der Waals surface area contributed by atoms with E-state index in [1.807, 2.05) is 13.8 Å². The van der Waals surface area contributed by atoms with Gasteiger partial charge in [-0.2, -0.15) is 4.98 Å². The lowest BCUT2D eigenvalue weighted by Crippen LogP contribution is -2.31. The van der Waals surface area contributed by atoms with Crippen LogP contribution >= 0.6 is 33.9 Å². The minimum Gasteiger partial charge on any atom is -0.396 e. The summed E-state index contributed by atoms with van der Waals surface area (Å²) in [7, 11) is 0. The van der Waals surface area contributed by atoms with Gasteiger partial charge in [0, 0.05) is 17.0 Å².